The molecule has 1 nitrogen and oxygen atoms in total. The summed E-state index contributed by atoms with van der Waals surface area (Å²) in [7, 11) is 0. The van der Waals surface area contributed by atoms with E-state index in [-0.39, 0.29) is 52.1 Å². The molecule has 4 heteroatoms. The van der Waals surface area contributed by atoms with Crippen molar-refractivity contribution >= 4 is 0 Å². The van der Waals surface area contributed by atoms with Crippen molar-refractivity contribution in [3.63, 3.8) is 0 Å². The van der Waals surface area contributed by atoms with Crippen molar-refractivity contribution < 1.29 is 46.5 Å². The quantitative estimate of drug-likeness (QED) is 0.434. The van der Waals surface area contributed by atoms with Gasteiger partial charge in [-0.1, -0.05) is 54.0 Å². The standard InChI is InChI=1S/C12H17.C4H10N.2ClH.Ti/c1-7-8(2)10(4)12(6)11(5)9(7)3;1-4(2,3)5;;;/h1H2,2-6H3;5H,1-3H3;2*1H;/q2*-1;;;+4/p-2. The van der Waals surface area contributed by atoms with Gasteiger partial charge in [-0.3, -0.25) is 0 Å². The molecule has 0 bridgehead atoms. The SMILES string of the molecule is CC(C)(C)[NH-].[CH2-]c1c(C)c(C)c(C)c(C)c1C.[Cl-].[Cl-].[Ti+4]. The molecule has 0 aromatic heterocycles. The van der Waals surface area contributed by atoms with Crippen molar-refractivity contribution in [2.45, 2.75) is 60.9 Å². The Morgan fingerprint density at radius 1 is 0.700 bits per heavy atom. The first-order valence-corrected chi connectivity index (χ1v) is 6.10. The summed E-state index contributed by atoms with van der Waals surface area (Å²) in [5, 5.41) is 0. The largest absolute Gasteiger partial charge is 4.00 e. The molecule has 1 aromatic carbocycles. The Labute approximate surface area is 153 Å². The van der Waals surface area contributed by atoms with Crippen LogP contribution in [0.1, 0.15) is 54.2 Å². The van der Waals surface area contributed by atoms with Gasteiger partial charge in [0, 0.05) is 0 Å². The predicted molar refractivity (Wildman–Crippen MR) is 78.7 cm³/mol. The molecule has 1 aromatic rings. The van der Waals surface area contributed by atoms with Crippen LogP contribution in [0.2, 0.25) is 0 Å². The van der Waals surface area contributed by atoms with Crippen LogP contribution in [0, 0.1) is 41.5 Å². The van der Waals surface area contributed by atoms with Gasteiger partial charge in [0.1, 0.15) is 0 Å². The molecular formula is C16H27Cl2NTi. The molecule has 0 heterocycles. The Hall–Kier alpha value is 0.344. The Morgan fingerprint density at radius 2 is 0.850 bits per heavy atom. The average Bonchev–Trinajstić information content (AvgIpc) is 2.18. The van der Waals surface area contributed by atoms with Crippen molar-refractivity contribution in [3.8, 4) is 0 Å². The van der Waals surface area contributed by atoms with Gasteiger partial charge in [-0.2, -0.15) is 12.5 Å². The van der Waals surface area contributed by atoms with Crippen LogP contribution < -0.4 is 24.8 Å². The third-order valence-electron chi connectivity index (χ3n) is 3.16. The van der Waals surface area contributed by atoms with Gasteiger partial charge in [-0.15, -0.1) is 27.8 Å². The van der Waals surface area contributed by atoms with E-state index >= 15 is 0 Å². The fraction of sp³-hybridized carbons (Fsp3) is 0.562. The maximum atomic E-state index is 6.94. The Kier molecular flexibility index (Phi) is 15.7. The summed E-state index contributed by atoms with van der Waals surface area (Å²) in [6, 6.07) is 0. The minimum Gasteiger partial charge on any atom is -1.00 e. The number of nitrogens with one attached hydrogen (secondary N) is 1. The number of hydrogen-bond acceptors (Lipinski definition) is 0. The van der Waals surface area contributed by atoms with E-state index < -0.39 is 0 Å². The number of hydrogen-bond donors (Lipinski definition) is 0. The summed E-state index contributed by atoms with van der Waals surface area (Å²) in [5.74, 6) is 0. The third kappa shape index (κ3) is 9.31. The molecule has 1 N–H and O–H groups in total. The van der Waals surface area contributed by atoms with Gasteiger partial charge < -0.3 is 30.5 Å². The van der Waals surface area contributed by atoms with Crippen LogP contribution in [-0.4, -0.2) is 5.54 Å². The van der Waals surface area contributed by atoms with Crippen molar-refractivity contribution in [1.82, 2.24) is 0 Å². The van der Waals surface area contributed by atoms with E-state index in [0.29, 0.717) is 0 Å². The Balaban J connectivity index is -0.000000141. The van der Waals surface area contributed by atoms with Crippen molar-refractivity contribution in [2.24, 2.45) is 0 Å². The second-order valence-corrected chi connectivity index (χ2v) is 5.85. The van der Waals surface area contributed by atoms with Crippen LogP contribution in [0.5, 0.6) is 0 Å². The zero-order chi connectivity index (χ0) is 14.0. The fourth-order valence-corrected chi connectivity index (χ4v) is 1.58. The molecule has 0 atom stereocenters. The van der Waals surface area contributed by atoms with Crippen LogP contribution in [-0.2, 0) is 21.7 Å². The number of halogens is 2. The minimum atomic E-state index is -0.250. The van der Waals surface area contributed by atoms with Crippen LogP contribution in [0.25, 0.3) is 5.73 Å². The molecule has 0 aliphatic heterocycles. The van der Waals surface area contributed by atoms with Gasteiger partial charge in [-0.25, -0.2) is 0 Å². The van der Waals surface area contributed by atoms with E-state index in [1.165, 1.54) is 33.4 Å². The second-order valence-electron chi connectivity index (χ2n) is 5.85. The molecule has 0 unspecified atom stereocenters. The van der Waals surface area contributed by atoms with E-state index in [1.807, 2.05) is 20.8 Å². The Bertz CT molecular complexity index is 299. The zero-order valence-electron chi connectivity index (χ0n) is 14.0. The van der Waals surface area contributed by atoms with Crippen molar-refractivity contribution in [1.29, 1.82) is 0 Å². The van der Waals surface area contributed by atoms with Crippen molar-refractivity contribution in [3.05, 3.63) is 46.0 Å². The molecule has 0 amide bonds. The van der Waals surface area contributed by atoms with Gasteiger partial charge in [-0.05, 0) is 6.92 Å². The summed E-state index contributed by atoms with van der Waals surface area (Å²) in [5.41, 5.74) is 14.8. The summed E-state index contributed by atoms with van der Waals surface area (Å²) in [6.07, 6.45) is 0. The van der Waals surface area contributed by atoms with Gasteiger partial charge in [0.05, 0.1) is 0 Å². The maximum absolute atomic E-state index is 6.94. The predicted octanol–water partition coefficient (Wildman–Crippen LogP) is -0.747. The summed E-state index contributed by atoms with van der Waals surface area (Å²) in [6.45, 7) is 20.5. The first kappa shape index (κ1) is 28.5. The molecule has 20 heavy (non-hydrogen) atoms. The van der Waals surface area contributed by atoms with E-state index in [2.05, 4.69) is 41.5 Å². The first-order valence-electron chi connectivity index (χ1n) is 6.10. The van der Waals surface area contributed by atoms with Gasteiger partial charge in [0.15, 0.2) is 0 Å². The van der Waals surface area contributed by atoms with E-state index in [1.54, 1.807) is 0 Å². The molecule has 0 saturated heterocycles. The zero-order valence-corrected chi connectivity index (χ0v) is 17.0. The monoisotopic (exact) mass is 351 g/mol. The van der Waals surface area contributed by atoms with Gasteiger partial charge >= 0.3 is 21.7 Å². The number of rotatable bonds is 0. The molecule has 0 aliphatic carbocycles. The summed E-state index contributed by atoms with van der Waals surface area (Å²) in [4.78, 5) is 0. The van der Waals surface area contributed by atoms with E-state index in [9.17, 15) is 0 Å². The van der Waals surface area contributed by atoms with E-state index in [0.717, 1.165) is 0 Å². The van der Waals surface area contributed by atoms with Crippen molar-refractivity contribution in [2.75, 3.05) is 0 Å². The summed E-state index contributed by atoms with van der Waals surface area (Å²) < 4.78 is 0. The fourth-order valence-electron chi connectivity index (χ4n) is 1.58. The minimum absolute atomic E-state index is 0. The van der Waals surface area contributed by atoms with Gasteiger partial charge in [0.25, 0.3) is 0 Å². The Morgan fingerprint density at radius 3 is 1.05 bits per heavy atom. The number of benzene rings is 1. The molecular weight excluding hydrogens is 325 g/mol. The molecule has 0 aliphatic rings. The molecule has 1 rings (SSSR count). The second kappa shape index (κ2) is 11.0. The van der Waals surface area contributed by atoms with Gasteiger partial charge in [0.2, 0.25) is 0 Å². The summed E-state index contributed by atoms with van der Waals surface area (Å²) >= 11 is 0. The average molecular weight is 352 g/mol. The van der Waals surface area contributed by atoms with Crippen LogP contribution in [0.15, 0.2) is 0 Å². The normalized spacial score (nSPS) is 9.25. The van der Waals surface area contributed by atoms with E-state index in [4.69, 9.17) is 5.73 Å². The molecule has 0 spiro atoms. The first-order chi connectivity index (χ1) is 7.46. The maximum Gasteiger partial charge on any atom is 4.00 e. The topological polar surface area (TPSA) is 23.8 Å². The van der Waals surface area contributed by atoms with Crippen LogP contribution >= 0.6 is 0 Å². The third-order valence-corrected chi connectivity index (χ3v) is 3.16. The molecule has 114 valence electrons. The smallest absolute Gasteiger partial charge is 1.00 e. The molecule has 0 fully saturated rings. The molecule has 0 radical (unpaired) electrons. The van der Waals surface area contributed by atoms with Crippen LogP contribution in [0.4, 0.5) is 0 Å². The molecule has 0 saturated carbocycles. The van der Waals surface area contributed by atoms with Crippen LogP contribution in [0.3, 0.4) is 0 Å².